The van der Waals surface area contributed by atoms with E-state index < -0.39 is 0 Å². The Morgan fingerprint density at radius 2 is 0.940 bits per heavy atom. The van der Waals surface area contributed by atoms with Crippen LogP contribution in [-0.2, 0) is 19.1 Å². The second-order valence-corrected chi connectivity index (χ2v) is 16.2. The Labute approximate surface area is 317 Å². The molecular weight excluding hydrogens is 639 g/mol. The van der Waals surface area contributed by atoms with Gasteiger partial charge in [0.1, 0.15) is 0 Å². The van der Waals surface area contributed by atoms with Crippen LogP contribution in [0.1, 0.15) is 220 Å². The molecule has 6 heteroatoms. The van der Waals surface area contributed by atoms with E-state index in [9.17, 15) is 9.59 Å². The number of thioether (sulfide) groups is 1. The Morgan fingerprint density at radius 3 is 1.48 bits per heavy atom. The highest BCUT2D eigenvalue weighted by Gasteiger charge is 2.19. The van der Waals surface area contributed by atoms with E-state index in [1.54, 1.807) is 18.9 Å². The largest absolute Gasteiger partial charge is 0.465 e. The fourth-order valence-electron chi connectivity index (χ4n) is 6.85. The number of esters is 1. The zero-order chi connectivity index (χ0) is 36.6. The third-order valence-electron chi connectivity index (χ3n) is 10.2. The summed E-state index contributed by atoms with van der Waals surface area (Å²) in [6.45, 7) is 11.6. The minimum atomic E-state index is 0.0742. The van der Waals surface area contributed by atoms with E-state index in [-0.39, 0.29) is 11.9 Å². The van der Waals surface area contributed by atoms with Gasteiger partial charge in [-0.05, 0) is 64.5 Å². The highest BCUT2D eigenvalue weighted by molar-refractivity contribution is 8.13. The number of unbranched alkanes of at least 4 members (excludes halogenated alkanes) is 22. The highest BCUT2D eigenvalue weighted by atomic mass is 32.2. The highest BCUT2D eigenvalue weighted by Crippen LogP contribution is 2.21. The minimum Gasteiger partial charge on any atom is -0.465 e. The molecule has 5 nitrogen and oxygen atoms in total. The van der Waals surface area contributed by atoms with Crippen LogP contribution >= 0.6 is 11.8 Å². The SMILES string of the molecule is CCCCCCCCCC(=O)SCCCCCCN(CCCCCCOC(=O)C(CCCCCCCC)CCCCCCCC)CCCOC. The van der Waals surface area contributed by atoms with Crippen molar-refractivity contribution in [2.24, 2.45) is 5.92 Å². The van der Waals surface area contributed by atoms with Crippen molar-refractivity contribution in [3.63, 3.8) is 0 Å². The number of carbonyl (C=O) groups is 2. The van der Waals surface area contributed by atoms with Gasteiger partial charge in [0.05, 0.1) is 12.5 Å². The molecule has 0 saturated heterocycles. The smallest absolute Gasteiger partial charge is 0.308 e. The topological polar surface area (TPSA) is 55.8 Å². The van der Waals surface area contributed by atoms with Crippen LogP contribution < -0.4 is 0 Å². The van der Waals surface area contributed by atoms with Gasteiger partial charge in [0.2, 0.25) is 0 Å². The van der Waals surface area contributed by atoms with Crippen molar-refractivity contribution < 1.29 is 19.1 Å². The van der Waals surface area contributed by atoms with Gasteiger partial charge in [0.15, 0.2) is 5.12 Å². The fraction of sp³-hybridized carbons (Fsp3) is 0.955. The Balaban J connectivity index is 4.15. The Bertz CT molecular complexity index is 690. The van der Waals surface area contributed by atoms with Crippen LogP contribution in [0.4, 0.5) is 0 Å². The molecule has 50 heavy (non-hydrogen) atoms. The summed E-state index contributed by atoms with van der Waals surface area (Å²) in [6.07, 6.45) is 37.5. The third kappa shape index (κ3) is 35.8. The maximum Gasteiger partial charge on any atom is 0.308 e. The number of carbonyl (C=O) groups excluding carboxylic acids is 2. The first-order chi connectivity index (χ1) is 24.6. The molecule has 0 aromatic rings. The van der Waals surface area contributed by atoms with Gasteiger partial charge in [-0.2, -0.15) is 0 Å². The summed E-state index contributed by atoms with van der Waals surface area (Å²) in [6, 6.07) is 0. The Hall–Kier alpha value is -0.590. The molecule has 0 aliphatic carbocycles. The molecule has 0 unspecified atom stereocenters. The Kier molecular flexibility index (Phi) is 40.7. The lowest BCUT2D eigenvalue weighted by molar-refractivity contribution is -0.149. The van der Waals surface area contributed by atoms with E-state index in [1.165, 1.54) is 148 Å². The first-order valence-corrected chi connectivity index (χ1v) is 23.1. The van der Waals surface area contributed by atoms with Crippen LogP contribution in [0.2, 0.25) is 0 Å². The lowest BCUT2D eigenvalue weighted by Crippen LogP contribution is -2.28. The molecule has 0 saturated carbocycles. The molecule has 0 heterocycles. The molecule has 0 bridgehead atoms. The van der Waals surface area contributed by atoms with Crippen LogP contribution in [0.3, 0.4) is 0 Å². The summed E-state index contributed by atoms with van der Waals surface area (Å²) in [4.78, 5) is 27.8. The van der Waals surface area contributed by atoms with E-state index >= 15 is 0 Å². The van der Waals surface area contributed by atoms with Gasteiger partial charge in [-0.15, -0.1) is 0 Å². The van der Waals surface area contributed by atoms with Crippen molar-refractivity contribution in [2.45, 2.75) is 220 Å². The molecule has 0 aromatic carbocycles. The van der Waals surface area contributed by atoms with Gasteiger partial charge >= 0.3 is 5.97 Å². The van der Waals surface area contributed by atoms with Crippen LogP contribution in [0, 0.1) is 5.92 Å². The molecule has 0 N–H and O–H groups in total. The average molecular weight is 726 g/mol. The van der Waals surface area contributed by atoms with E-state index in [0.29, 0.717) is 11.7 Å². The number of hydrogen-bond donors (Lipinski definition) is 0. The van der Waals surface area contributed by atoms with Crippen LogP contribution in [-0.4, -0.2) is 61.7 Å². The maximum atomic E-state index is 13.0. The summed E-state index contributed by atoms with van der Waals surface area (Å²) in [7, 11) is 1.79. The van der Waals surface area contributed by atoms with E-state index in [0.717, 1.165) is 83.4 Å². The van der Waals surface area contributed by atoms with Crippen molar-refractivity contribution in [1.82, 2.24) is 4.90 Å². The number of hydrogen-bond acceptors (Lipinski definition) is 6. The zero-order valence-corrected chi connectivity index (χ0v) is 35.0. The molecule has 0 aliphatic rings. The summed E-state index contributed by atoms with van der Waals surface area (Å²) in [5, 5.41) is 0.400. The second kappa shape index (κ2) is 41.2. The zero-order valence-electron chi connectivity index (χ0n) is 34.2. The molecule has 0 spiro atoms. The number of rotatable bonds is 41. The maximum absolute atomic E-state index is 13.0. The predicted octanol–water partition coefficient (Wildman–Crippen LogP) is 13.5. The van der Waals surface area contributed by atoms with Crippen LogP contribution in [0.5, 0.6) is 0 Å². The molecule has 0 rings (SSSR count). The molecular formula is C44H87NO4S. The first kappa shape index (κ1) is 49.4. The normalized spacial score (nSPS) is 11.6. The van der Waals surface area contributed by atoms with Crippen molar-refractivity contribution in [3.05, 3.63) is 0 Å². The van der Waals surface area contributed by atoms with Crippen molar-refractivity contribution >= 4 is 22.8 Å². The summed E-state index contributed by atoms with van der Waals surface area (Å²) >= 11 is 1.57. The monoisotopic (exact) mass is 726 g/mol. The van der Waals surface area contributed by atoms with Gasteiger partial charge in [-0.1, -0.05) is 174 Å². The Morgan fingerprint density at radius 1 is 0.500 bits per heavy atom. The van der Waals surface area contributed by atoms with E-state index in [1.807, 2.05) is 0 Å². The summed E-state index contributed by atoms with van der Waals surface area (Å²) in [5.74, 6) is 1.17. The first-order valence-electron chi connectivity index (χ1n) is 22.1. The lowest BCUT2D eigenvalue weighted by Gasteiger charge is -2.22. The van der Waals surface area contributed by atoms with Gasteiger partial charge in [0, 0.05) is 32.4 Å². The molecule has 0 aliphatic heterocycles. The predicted molar refractivity (Wildman–Crippen MR) is 220 cm³/mol. The van der Waals surface area contributed by atoms with Crippen LogP contribution in [0.25, 0.3) is 0 Å². The number of methoxy groups -OCH3 is 1. The van der Waals surface area contributed by atoms with Gasteiger partial charge in [-0.3, -0.25) is 9.59 Å². The second-order valence-electron chi connectivity index (χ2n) is 15.1. The van der Waals surface area contributed by atoms with Gasteiger partial charge in [0.25, 0.3) is 0 Å². The lowest BCUT2D eigenvalue weighted by atomic mass is 9.94. The fourth-order valence-corrected chi connectivity index (χ4v) is 7.71. The van der Waals surface area contributed by atoms with Crippen LogP contribution in [0.15, 0.2) is 0 Å². The average Bonchev–Trinajstić information content (AvgIpc) is 3.11. The molecule has 0 atom stereocenters. The van der Waals surface area contributed by atoms with Crippen molar-refractivity contribution in [1.29, 1.82) is 0 Å². The quantitative estimate of drug-likeness (QED) is 0.0462. The molecule has 0 radical (unpaired) electrons. The van der Waals surface area contributed by atoms with E-state index in [4.69, 9.17) is 9.47 Å². The van der Waals surface area contributed by atoms with Crippen molar-refractivity contribution in [2.75, 3.05) is 45.7 Å². The van der Waals surface area contributed by atoms with Crippen molar-refractivity contribution in [3.8, 4) is 0 Å². The molecule has 0 fully saturated rings. The molecule has 298 valence electrons. The van der Waals surface area contributed by atoms with E-state index in [2.05, 4.69) is 25.7 Å². The van der Waals surface area contributed by atoms with Gasteiger partial charge in [-0.25, -0.2) is 0 Å². The summed E-state index contributed by atoms with van der Waals surface area (Å²) < 4.78 is 11.2. The number of ether oxygens (including phenoxy) is 2. The van der Waals surface area contributed by atoms with Gasteiger partial charge < -0.3 is 14.4 Å². The molecule has 0 aromatic heterocycles. The molecule has 0 amide bonds. The summed E-state index contributed by atoms with van der Waals surface area (Å²) in [5.41, 5.74) is 0. The minimum absolute atomic E-state index is 0.0742. The number of nitrogens with zero attached hydrogens (tertiary/aromatic N) is 1. The standard InChI is InChI=1S/C44H87NO4S/c1-5-8-11-14-17-20-27-35-43(46)50-41-31-24-22-29-37-45(38-32-39-48-4)36-28-21-23-30-40-49-44(47)42(33-25-18-15-12-9-6-2)34-26-19-16-13-10-7-3/h42H,5-41H2,1-4H3. The third-order valence-corrected chi connectivity index (χ3v) is 11.2.